The van der Waals surface area contributed by atoms with Crippen molar-refractivity contribution in [3.63, 3.8) is 0 Å². The molecule has 1 N–H and O–H groups in total. The molecule has 1 aliphatic heterocycles. The van der Waals surface area contributed by atoms with Crippen molar-refractivity contribution < 1.29 is 27.4 Å². The Morgan fingerprint density at radius 2 is 1.77 bits per heavy atom. The molecule has 30 heavy (non-hydrogen) atoms. The van der Waals surface area contributed by atoms with E-state index in [2.05, 4.69) is 5.32 Å². The van der Waals surface area contributed by atoms with Crippen LogP contribution in [0.25, 0.3) is 0 Å². The molecule has 8 heteroatoms. The third-order valence-corrected chi connectivity index (χ3v) is 6.22. The molecule has 0 bridgehead atoms. The standard InChI is InChI=1S/C22H27NO6S/c1-16(2)29-18-5-3-17(4-6-18)9-11-23-22(24)10-14-30(25,26)19-7-8-20-21(15-19)28-13-12-27-20/h3-8,15-16H,9-14H2,1-2H3,(H,23,24). The van der Waals surface area contributed by atoms with E-state index in [9.17, 15) is 13.2 Å². The van der Waals surface area contributed by atoms with E-state index in [4.69, 9.17) is 14.2 Å². The smallest absolute Gasteiger partial charge is 0.221 e. The third kappa shape index (κ3) is 6.13. The monoisotopic (exact) mass is 433 g/mol. The first-order valence-electron chi connectivity index (χ1n) is 9.98. The van der Waals surface area contributed by atoms with Gasteiger partial charge >= 0.3 is 0 Å². The van der Waals surface area contributed by atoms with Crippen LogP contribution in [0.5, 0.6) is 17.2 Å². The van der Waals surface area contributed by atoms with E-state index in [0.29, 0.717) is 37.7 Å². The third-order valence-electron chi connectivity index (χ3n) is 4.50. The lowest BCUT2D eigenvalue weighted by Crippen LogP contribution is -2.27. The van der Waals surface area contributed by atoms with E-state index in [1.54, 1.807) is 6.07 Å². The van der Waals surface area contributed by atoms with E-state index >= 15 is 0 Å². The summed E-state index contributed by atoms with van der Waals surface area (Å²) in [5, 5.41) is 2.77. The van der Waals surface area contributed by atoms with Crippen LogP contribution < -0.4 is 19.5 Å². The quantitative estimate of drug-likeness (QED) is 0.654. The van der Waals surface area contributed by atoms with Crippen LogP contribution in [0.3, 0.4) is 0 Å². The molecule has 0 aromatic heterocycles. The Morgan fingerprint density at radius 1 is 1.07 bits per heavy atom. The van der Waals surface area contributed by atoms with Gasteiger partial charge in [0.05, 0.1) is 16.8 Å². The van der Waals surface area contributed by atoms with Gasteiger partial charge in [0.25, 0.3) is 0 Å². The topological polar surface area (TPSA) is 90.9 Å². The van der Waals surface area contributed by atoms with Gasteiger partial charge in [-0.15, -0.1) is 0 Å². The van der Waals surface area contributed by atoms with Crippen molar-refractivity contribution in [2.75, 3.05) is 25.5 Å². The van der Waals surface area contributed by atoms with Crippen LogP contribution in [-0.4, -0.2) is 45.9 Å². The predicted molar refractivity (Wildman–Crippen MR) is 113 cm³/mol. The molecule has 0 saturated heterocycles. The number of carbonyl (C=O) groups is 1. The van der Waals surface area contributed by atoms with Gasteiger partial charge in [0.2, 0.25) is 5.91 Å². The molecule has 1 heterocycles. The molecule has 3 rings (SSSR count). The molecular formula is C22H27NO6S. The van der Waals surface area contributed by atoms with E-state index in [0.717, 1.165) is 11.3 Å². The van der Waals surface area contributed by atoms with Gasteiger partial charge in [-0.2, -0.15) is 0 Å². The summed E-state index contributed by atoms with van der Waals surface area (Å²) in [5.74, 6) is 1.19. The summed E-state index contributed by atoms with van der Waals surface area (Å²) in [5.41, 5.74) is 1.07. The predicted octanol–water partition coefficient (Wildman–Crippen LogP) is 2.77. The molecule has 2 aromatic rings. The fourth-order valence-corrected chi connectivity index (χ4v) is 4.26. The zero-order valence-electron chi connectivity index (χ0n) is 17.2. The number of benzene rings is 2. The van der Waals surface area contributed by atoms with Gasteiger partial charge in [0.1, 0.15) is 19.0 Å². The average Bonchev–Trinajstić information content (AvgIpc) is 2.73. The molecule has 1 amide bonds. The molecule has 0 fully saturated rings. The summed E-state index contributed by atoms with van der Waals surface area (Å²) < 4.78 is 41.5. The van der Waals surface area contributed by atoms with Gasteiger partial charge in [-0.1, -0.05) is 12.1 Å². The highest BCUT2D eigenvalue weighted by atomic mass is 32.2. The summed E-state index contributed by atoms with van der Waals surface area (Å²) in [6, 6.07) is 12.2. The highest BCUT2D eigenvalue weighted by Crippen LogP contribution is 2.32. The van der Waals surface area contributed by atoms with Crippen LogP contribution in [0, 0.1) is 0 Å². The van der Waals surface area contributed by atoms with E-state index in [1.165, 1.54) is 12.1 Å². The lowest BCUT2D eigenvalue weighted by atomic mass is 10.1. The summed E-state index contributed by atoms with van der Waals surface area (Å²) in [6.07, 6.45) is 0.675. The van der Waals surface area contributed by atoms with Gasteiger partial charge in [-0.05, 0) is 50.1 Å². The summed E-state index contributed by atoms with van der Waals surface area (Å²) in [6.45, 7) is 5.20. The highest BCUT2D eigenvalue weighted by Gasteiger charge is 2.20. The number of sulfone groups is 1. The molecule has 0 aliphatic carbocycles. The summed E-state index contributed by atoms with van der Waals surface area (Å²) in [7, 11) is -3.59. The highest BCUT2D eigenvalue weighted by molar-refractivity contribution is 7.91. The van der Waals surface area contributed by atoms with Crippen LogP contribution in [-0.2, 0) is 21.1 Å². The molecule has 0 unspecified atom stereocenters. The molecule has 0 spiro atoms. The van der Waals surface area contributed by atoms with Gasteiger partial charge in [-0.25, -0.2) is 8.42 Å². The first-order valence-corrected chi connectivity index (χ1v) is 11.6. The Balaban J connectivity index is 1.45. The Bertz CT molecular complexity index is 970. The van der Waals surface area contributed by atoms with Gasteiger partial charge in [0.15, 0.2) is 21.3 Å². The van der Waals surface area contributed by atoms with Crippen molar-refractivity contribution in [2.45, 2.75) is 37.7 Å². The molecule has 162 valence electrons. The molecule has 7 nitrogen and oxygen atoms in total. The summed E-state index contributed by atoms with van der Waals surface area (Å²) in [4.78, 5) is 12.2. The average molecular weight is 434 g/mol. The van der Waals surface area contributed by atoms with Crippen molar-refractivity contribution in [3.05, 3.63) is 48.0 Å². The number of nitrogens with one attached hydrogen (secondary N) is 1. The molecule has 0 radical (unpaired) electrons. The maximum atomic E-state index is 12.5. The van der Waals surface area contributed by atoms with E-state index < -0.39 is 9.84 Å². The SMILES string of the molecule is CC(C)Oc1ccc(CCNC(=O)CCS(=O)(=O)c2ccc3c(c2)OCCO3)cc1. The van der Waals surface area contributed by atoms with Crippen molar-refractivity contribution in [1.29, 1.82) is 0 Å². The maximum Gasteiger partial charge on any atom is 0.221 e. The van der Waals surface area contributed by atoms with Crippen LogP contribution in [0.1, 0.15) is 25.8 Å². The Morgan fingerprint density at radius 3 is 2.47 bits per heavy atom. The van der Waals surface area contributed by atoms with E-state index in [-0.39, 0.29) is 29.1 Å². The number of carbonyl (C=O) groups excluding carboxylic acids is 1. The molecule has 0 saturated carbocycles. The normalized spacial score (nSPS) is 13.2. The Hall–Kier alpha value is -2.74. The van der Waals surface area contributed by atoms with Crippen molar-refractivity contribution in [2.24, 2.45) is 0 Å². The second-order valence-electron chi connectivity index (χ2n) is 7.28. The number of ether oxygens (including phenoxy) is 3. The van der Waals surface area contributed by atoms with Crippen LogP contribution in [0.4, 0.5) is 0 Å². The second-order valence-corrected chi connectivity index (χ2v) is 9.39. The molecular weight excluding hydrogens is 406 g/mol. The van der Waals surface area contributed by atoms with Crippen LogP contribution in [0.2, 0.25) is 0 Å². The zero-order valence-corrected chi connectivity index (χ0v) is 18.0. The summed E-state index contributed by atoms with van der Waals surface area (Å²) >= 11 is 0. The molecule has 2 aromatic carbocycles. The first-order chi connectivity index (χ1) is 14.3. The van der Waals surface area contributed by atoms with Crippen molar-refractivity contribution in [1.82, 2.24) is 5.32 Å². The van der Waals surface area contributed by atoms with Crippen LogP contribution in [0.15, 0.2) is 47.4 Å². The lowest BCUT2D eigenvalue weighted by Gasteiger charge is -2.18. The minimum Gasteiger partial charge on any atom is -0.491 e. The van der Waals surface area contributed by atoms with Gasteiger partial charge in [-0.3, -0.25) is 4.79 Å². The zero-order chi connectivity index (χ0) is 21.6. The Labute approximate surface area is 177 Å². The number of hydrogen-bond acceptors (Lipinski definition) is 6. The fourth-order valence-electron chi connectivity index (χ4n) is 3.00. The Kier molecular flexibility index (Phi) is 7.20. The fraction of sp³-hybridized carbons (Fsp3) is 0.409. The number of rotatable bonds is 9. The minimum atomic E-state index is -3.59. The first kappa shape index (κ1) is 22.0. The van der Waals surface area contributed by atoms with Crippen LogP contribution >= 0.6 is 0 Å². The second kappa shape index (κ2) is 9.84. The van der Waals surface area contributed by atoms with Crippen molar-refractivity contribution >= 4 is 15.7 Å². The largest absolute Gasteiger partial charge is 0.491 e. The van der Waals surface area contributed by atoms with Gasteiger partial charge in [0, 0.05) is 19.0 Å². The minimum absolute atomic E-state index is 0.0993. The van der Waals surface area contributed by atoms with Crippen molar-refractivity contribution in [3.8, 4) is 17.2 Å². The number of fused-ring (bicyclic) bond motifs is 1. The van der Waals surface area contributed by atoms with E-state index in [1.807, 2.05) is 38.1 Å². The molecule has 1 aliphatic rings. The van der Waals surface area contributed by atoms with Gasteiger partial charge < -0.3 is 19.5 Å². The maximum absolute atomic E-state index is 12.5. The number of amides is 1. The lowest BCUT2D eigenvalue weighted by molar-refractivity contribution is -0.120. The number of hydrogen-bond donors (Lipinski definition) is 1. The molecule has 0 atom stereocenters.